The van der Waals surface area contributed by atoms with E-state index < -0.39 is 0 Å². The first kappa shape index (κ1) is 19.1. The van der Waals surface area contributed by atoms with Crippen molar-refractivity contribution in [2.24, 2.45) is 0 Å². The van der Waals surface area contributed by atoms with Crippen LogP contribution >= 0.6 is 0 Å². The molecule has 0 spiro atoms. The smallest absolute Gasteiger partial charge is 0.122 e. The van der Waals surface area contributed by atoms with Gasteiger partial charge in [0.15, 0.2) is 0 Å². The lowest BCUT2D eigenvalue weighted by Gasteiger charge is -2.05. The van der Waals surface area contributed by atoms with E-state index in [1.54, 1.807) is 0 Å². The summed E-state index contributed by atoms with van der Waals surface area (Å²) in [6, 6.07) is 17.0. The van der Waals surface area contributed by atoms with Crippen LogP contribution in [0.3, 0.4) is 0 Å². The third-order valence-corrected chi connectivity index (χ3v) is 4.28. The first-order valence-electron chi connectivity index (χ1n) is 9.21. The Bertz CT molecular complexity index is 710. The highest BCUT2D eigenvalue weighted by Crippen LogP contribution is 2.28. The average molecular weight is 335 g/mol. The van der Waals surface area contributed by atoms with Gasteiger partial charge < -0.3 is 4.74 Å². The van der Waals surface area contributed by atoms with Gasteiger partial charge in [-0.15, -0.1) is 0 Å². The minimum absolute atomic E-state index is 0.827. The number of allylic oxidation sites excluding steroid dienone is 3. The third kappa shape index (κ3) is 6.26. The average Bonchev–Trinajstić information content (AvgIpc) is 3.09. The molecule has 0 saturated carbocycles. The first-order chi connectivity index (χ1) is 12.1. The zero-order valence-electron chi connectivity index (χ0n) is 15.8. The van der Waals surface area contributed by atoms with Gasteiger partial charge in [0, 0.05) is 6.42 Å². The number of hydrogen-bond acceptors (Lipinski definition) is 1. The van der Waals surface area contributed by atoms with Crippen molar-refractivity contribution in [1.29, 1.82) is 0 Å². The van der Waals surface area contributed by atoms with Gasteiger partial charge in [-0.25, -0.2) is 0 Å². The second-order valence-electron chi connectivity index (χ2n) is 6.70. The molecule has 0 atom stereocenters. The Labute approximate surface area is 153 Å². The molecule has 1 nitrogen and oxygen atoms in total. The van der Waals surface area contributed by atoms with Gasteiger partial charge in [0.1, 0.15) is 5.75 Å². The number of ether oxygens (including phenoxy) is 1. The van der Waals surface area contributed by atoms with Crippen LogP contribution in [0.2, 0.25) is 0 Å². The fraction of sp³-hybridized carbons (Fsp3) is 0.333. The highest BCUT2D eigenvalue weighted by Gasteiger charge is 2.12. The summed E-state index contributed by atoms with van der Waals surface area (Å²) < 4.78 is 5.50. The van der Waals surface area contributed by atoms with Gasteiger partial charge in [-0.1, -0.05) is 68.0 Å². The number of hydrogen-bond donors (Lipinski definition) is 0. The van der Waals surface area contributed by atoms with Crippen LogP contribution < -0.4 is 4.74 Å². The van der Waals surface area contributed by atoms with Crippen LogP contribution in [0.1, 0.15) is 50.3 Å². The Kier molecular flexibility index (Phi) is 7.53. The molecule has 3 rings (SSSR count). The van der Waals surface area contributed by atoms with Crippen LogP contribution in [0.25, 0.3) is 5.57 Å². The largest absolute Gasteiger partial charge is 0.493 e. The van der Waals surface area contributed by atoms with Crippen molar-refractivity contribution in [3.63, 3.8) is 0 Å². The molecule has 0 bridgehead atoms. The molecule has 0 fully saturated rings. The lowest BCUT2D eigenvalue weighted by Crippen LogP contribution is -1.85. The molecule has 0 aliphatic carbocycles. The van der Waals surface area contributed by atoms with Crippen molar-refractivity contribution in [1.82, 2.24) is 0 Å². The minimum atomic E-state index is 0.827. The van der Waals surface area contributed by atoms with E-state index in [2.05, 4.69) is 82.0 Å². The number of benzene rings is 2. The molecule has 0 radical (unpaired) electrons. The van der Waals surface area contributed by atoms with Crippen molar-refractivity contribution in [2.45, 2.75) is 46.5 Å². The molecule has 1 heterocycles. The Morgan fingerprint density at radius 3 is 2.56 bits per heavy atom. The van der Waals surface area contributed by atoms with E-state index in [0.717, 1.165) is 25.2 Å². The van der Waals surface area contributed by atoms with Crippen LogP contribution in [-0.2, 0) is 12.8 Å². The summed E-state index contributed by atoms with van der Waals surface area (Å²) in [5.74, 6) is 1.05. The van der Waals surface area contributed by atoms with Crippen molar-refractivity contribution >= 4 is 5.57 Å². The topological polar surface area (TPSA) is 9.23 Å². The molecule has 0 N–H and O–H groups in total. The van der Waals surface area contributed by atoms with Gasteiger partial charge in [0.25, 0.3) is 0 Å². The predicted molar refractivity (Wildman–Crippen MR) is 109 cm³/mol. The summed E-state index contributed by atoms with van der Waals surface area (Å²) in [5.41, 5.74) is 6.59. The molecular weight excluding hydrogens is 304 g/mol. The molecule has 0 amide bonds. The minimum Gasteiger partial charge on any atom is -0.493 e. The summed E-state index contributed by atoms with van der Waals surface area (Å²) in [6.07, 6.45) is 6.68. The molecule has 2 aromatic carbocycles. The number of aryl methyl sites for hydroxylation is 1. The summed E-state index contributed by atoms with van der Waals surface area (Å²) in [6.45, 7) is 11.2. The SMILES string of the molecule is C=C(C)C/C=C(\C)c1ccc2c(c1)CCO2.CCCc1ccccc1. The van der Waals surface area contributed by atoms with Crippen molar-refractivity contribution < 1.29 is 4.74 Å². The maximum Gasteiger partial charge on any atom is 0.122 e. The van der Waals surface area contributed by atoms with E-state index in [1.165, 1.54) is 40.7 Å². The normalized spacial score (nSPS) is 12.7. The second kappa shape index (κ2) is 9.88. The summed E-state index contributed by atoms with van der Waals surface area (Å²) in [5, 5.41) is 0. The van der Waals surface area contributed by atoms with Crippen molar-refractivity contribution in [3.05, 3.63) is 83.4 Å². The molecule has 0 unspecified atom stereocenters. The molecule has 1 aliphatic rings. The van der Waals surface area contributed by atoms with Gasteiger partial charge >= 0.3 is 0 Å². The molecule has 0 saturated heterocycles. The lowest BCUT2D eigenvalue weighted by atomic mass is 10.0. The van der Waals surface area contributed by atoms with Gasteiger partial charge in [-0.3, -0.25) is 0 Å². The Balaban J connectivity index is 0.000000212. The molecule has 1 heteroatoms. The highest BCUT2D eigenvalue weighted by molar-refractivity contribution is 5.66. The van der Waals surface area contributed by atoms with Crippen LogP contribution in [0.5, 0.6) is 5.75 Å². The van der Waals surface area contributed by atoms with E-state index >= 15 is 0 Å². The molecule has 1 aliphatic heterocycles. The van der Waals surface area contributed by atoms with E-state index in [9.17, 15) is 0 Å². The highest BCUT2D eigenvalue weighted by atomic mass is 16.5. The van der Waals surface area contributed by atoms with Crippen molar-refractivity contribution in [3.8, 4) is 5.75 Å². The maximum atomic E-state index is 5.50. The Morgan fingerprint density at radius 2 is 1.88 bits per heavy atom. The second-order valence-corrected chi connectivity index (χ2v) is 6.70. The number of fused-ring (bicyclic) bond motifs is 1. The van der Waals surface area contributed by atoms with Crippen LogP contribution in [0.4, 0.5) is 0 Å². The van der Waals surface area contributed by atoms with E-state index in [4.69, 9.17) is 4.74 Å². The zero-order valence-corrected chi connectivity index (χ0v) is 15.8. The third-order valence-electron chi connectivity index (χ3n) is 4.28. The molecule has 2 aromatic rings. The fourth-order valence-electron chi connectivity index (χ4n) is 2.81. The molecule has 0 aromatic heterocycles. The molecular formula is C24H30O. The zero-order chi connectivity index (χ0) is 18.1. The maximum absolute atomic E-state index is 5.50. The van der Waals surface area contributed by atoms with E-state index in [0.29, 0.717) is 0 Å². The van der Waals surface area contributed by atoms with E-state index in [1.807, 2.05) is 0 Å². The summed E-state index contributed by atoms with van der Waals surface area (Å²) in [4.78, 5) is 0. The van der Waals surface area contributed by atoms with Crippen LogP contribution in [0, 0.1) is 0 Å². The fourth-order valence-corrected chi connectivity index (χ4v) is 2.81. The van der Waals surface area contributed by atoms with Crippen LogP contribution in [0.15, 0.2) is 66.8 Å². The first-order valence-corrected chi connectivity index (χ1v) is 9.21. The molecule has 132 valence electrons. The monoisotopic (exact) mass is 334 g/mol. The summed E-state index contributed by atoms with van der Waals surface area (Å²) >= 11 is 0. The van der Waals surface area contributed by atoms with Crippen LogP contribution in [-0.4, -0.2) is 6.61 Å². The predicted octanol–water partition coefficient (Wildman–Crippen LogP) is 6.63. The van der Waals surface area contributed by atoms with Gasteiger partial charge in [-0.05, 0) is 61.1 Å². The lowest BCUT2D eigenvalue weighted by molar-refractivity contribution is 0.357. The van der Waals surface area contributed by atoms with Gasteiger partial charge in [0.05, 0.1) is 6.61 Å². The standard InChI is InChI=1S/C15H18O.C9H12/c1-11(2)4-5-12(3)13-6-7-15-14(10-13)8-9-16-15;1-2-6-9-7-4-3-5-8-9/h5-7,10H,1,4,8-9H2,2-3H3;3-5,7-8H,2,6H2,1H3/b12-5+;. The van der Waals surface area contributed by atoms with Gasteiger partial charge in [0.2, 0.25) is 0 Å². The van der Waals surface area contributed by atoms with E-state index in [-0.39, 0.29) is 0 Å². The summed E-state index contributed by atoms with van der Waals surface area (Å²) in [7, 11) is 0. The van der Waals surface area contributed by atoms with Gasteiger partial charge in [-0.2, -0.15) is 0 Å². The number of rotatable bonds is 5. The Hall–Kier alpha value is -2.28. The van der Waals surface area contributed by atoms with Crippen molar-refractivity contribution in [2.75, 3.05) is 6.61 Å². The quantitative estimate of drug-likeness (QED) is 0.558. The molecule has 25 heavy (non-hydrogen) atoms. The Morgan fingerprint density at radius 1 is 1.12 bits per heavy atom.